The maximum atomic E-state index is 12.8. The number of hydrogen-bond acceptors (Lipinski definition) is 8. The van der Waals surface area contributed by atoms with E-state index >= 15 is 0 Å². The van der Waals surface area contributed by atoms with E-state index in [0.29, 0.717) is 33.6 Å². The van der Waals surface area contributed by atoms with E-state index < -0.39 is 5.97 Å². The summed E-state index contributed by atoms with van der Waals surface area (Å²) >= 11 is 2.62. The highest BCUT2D eigenvalue weighted by molar-refractivity contribution is 8.00. The Bertz CT molecular complexity index is 1190. The Balaban J connectivity index is 1.42. The zero-order valence-electron chi connectivity index (χ0n) is 19.6. The Labute approximate surface area is 211 Å². The first-order chi connectivity index (χ1) is 17.0. The molecule has 1 aliphatic rings. The summed E-state index contributed by atoms with van der Waals surface area (Å²) in [5, 5.41) is 7.27. The zero-order chi connectivity index (χ0) is 24.8. The third kappa shape index (κ3) is 5.91. The molecule has 9 nitrogen and oxygen atoms in total. The van der Waals surface area contributed by atoms with Crippen molar-refractivity contribution in [2.75, 3.05) is 23.8 Å². The van der Waals surface area contributed by atoms with Crippen LogP contribution in [0.15, 0.2) is 42.7 Å². The molecule has 3 heterocycles. The molecule has 1 aliphatic heterocycles. The van der Waals surface area contributed by atoms with Crippen LogP contribution in [0.5, 0.6) is 0 Å². The van der Waals surface area contributed by atoms with Gasteiger partial charge in [0.05, 0.1) is 18.1 Å². The lowest BCUT2D eigenvalue weighted by Gasteiger charge is -2.22. The highest BCUT2D eigenvalue weighted by Crippen LogP contribution is 2.43. The second kappa shape index (κ2) is 11.5. The summed E-state index contributed by atoms with van der Waals surface area (Å²) < 4.78 is 6.98. The summed E-state index contributed by atoms with van der Waals surface area (Å²) in [6, 6.07) is 9.19. The molecule has 1 atom stereocenters. The number of esters is 1. The topological polar surface area (TPSA) is 106 Å². The molecule has 11 heteroatoms. The van der Waals surface area contributed by atoms with Crippen LogP contribution in [0.3, 0.4) is 0 Å². The smallest absolute Gasteiger partial charge is 0.350 e. The molecule has 2 aromatic heterocycles. The fourth-order valence-electron chi connectivity index (χ4n) is 3.72. The van der Waals surface area contributed by atoms with Gasteiger partial charge in [-0.3, -0.25) is 19.2 Å². The standard InChI is InChI=1S/C24H27N5O4S2/c1-3-33-23(32)20-16(2)27-24(35-20)29-19(30)15-34-22(29)18-9-6-8-17(14-18)21(31)25-10-4-5-12-28-13-7-11-26-28/h6-9,11,13-14,22H,3-5,10,12,15H2,1-2H3,(H,25,31). The van der Waals surface area contributed by atoms with Gasteiger partial charge in [0.15, 0.2) is 5.13 Å². The van der Waals surface area contributed by atoms with E-state index in [9.17, 15) is 14.4 Å². The van der Waals surface area contributed by atoms with Crippen LogP contribution in [-0.4, -0.2) is 51.5 Å². The Morgan fingerprint density at radius 2 is 2.11 bits per heavy atom. The minimum atomic E-state index is -0.437. The number of nitrogens with zero attached hydrogens (tertiary/aromatic N) is 4. The lowest BCUT2D eigenvalue weighted by atomic mass is 10.1. The second-order valence-electron chi connectivity index (χ2n) is 7.92. The van der Waals surface area contributed by atoms with Crippen molar-refractivity contribution in [2.24, 2.45) is 0 Å². The largest absolute Gasteiger partial charge is 0.462 e. The fraction of sp³-hybridized carbons (Fsp3) is 0.375. The van der Waals surface area contributed by atoms with Crippen molar-refractivity contribution in [2.45, 2.75) is 38.6 Å². The van der Waals surface area contributed by atoms with E-state index in [1.807, 2.05) is 35.1 Å². The number of rotatable bonds is 10. The lowest BCUT2D eigenvalue weighted by molar-refractivity contribution is -0.115. The Hall–Kier alpha value is -3.18. The van der Waals surface area contributed by atoms with Crippen molar-refractivity contribution in [3.8, 4) is 0 Å². The highest BCUT2D eigenvalue weighted by Gasteiger charge is 2.37. The van der Waals surface area contributed by atoms with Crippen LogP contribution in [0.1, 0.15) is 56.4 Å². The van der Waals surface area contributed by atoms with Gasteiger partial charge in [0.25, 0.3) is 5.91 Å². The Morgan fingerprint density at radius 1 is 1.26 bits per heavy atom. The van der Waals surface area contributed by atoms with Crippen molar-refractivity contribution >= 4 is 46.0 Å². The van der Waals surface area contributed by atoms with Crippen LogP contribution in [0.2, 0.25) is 0 Å². The molecule has 1 aromatic carbocycles. The van der Waals surface area contributed by atoms with Gasteiger partial charge in [-0.15, -0.1) is 11.8 Å². The summed E-state index contributed by atoms with van der Waals surface area (Å²) in [6.45, 7) is 5.13. The van der Waals surface area contributed by atoms with Gasteiger partial charge in [-0.05, 0) is 50.5 Å². The highest BCUT2D eigenvalue weighted by atomic mass is 32.2. The lowest BCUT2D eigenvalue weighted by Crippen LogP contribution is -2.28. The fourth-order valence-corrected chi connectivity index (χ4v) is 5.94. The molecule has 0 saturated carbocycles. The van der Waals surface area contributed by atoms with E-state index in [1.54, 1.807) is 31.0 Å². The predicted molar refractivity (Wildman–Crippen MR) is 136 cm³/mol. The molecule has 1 unspecified atom stereocenters. The number of benzene rings is 1. The molecule has 0 spiro atoms. The monoisotopic (exact) mass is 513 g/mol. The molecule has 0 radical (unpaired) electrons. The maximum absolute atomic E-state index is 12.8. The number of amides is 2. The van der Waals surface area contributed by atoms with Gasteiger partial charge >= 0.3 is 5.97 Å². The number of carbonyl (C=O) groups excluding carboxylic acids is 3. The number of thiazole rings is 1. The molecule has 4 rings (SSSR count). The number of hydrogen-bond donors (Lipinski definition) is 1. The van der Waals surface area contributed by atoms with Gasteiger partial charge in [0.1, 0.15) is 10.3 Å². The first-order valence-electron chi connectivity index (χ1n) is 11.4. The predicted octanol–water partition coefficient (Wildman–Crippen LogP) is 3.81. The third-order valence-corrected chi connectivity index (χ3v) is 7.76. The average Bonchev–Trinajstić information content (AvgIpc) is 3.59. The summed E-state index contributed by atoms with van der Waals surface area (Å²) in [7, 11) is 0. The average molecular weight is 514 g/mol. The van der Waals surface area contributed by atoms with E-state index in [2.05, 4.69) is 15.4 Å². The molecule has 0 aliphatic carbocycles. The van der Waals surface area contributed by atoms with Crippen LogP contribution in [0.4, 0.5) is 5.13 Å². The second-order valence-corrected chi connectivity index (χ2v) is 9.96. The first kappa shape index (κ1) is 24.9. The number of aromatic nitrogens is 3. The van der Waals surface area contributed by atoms with Crippen LogP contribution < -0.4 is 10.2 Å². The van der Waals surface area contributed by atoms with Gasteiger partial charge in [0.2, 0.25) is 5.91 Å². The summed E-state index contributed by atoms with van der Waals surface area (Å²) in [4.78, 5) is 44.2. The molecular weight excluding hydrogens is 486 g/mol. The Morgan fingerprint density at radius 3 is 2.89 bits per heavy atom. The Kier molecular flexibility index (Phi) is 8.19. The van der Waals surface area contributed by atoms with Crippen molar-refractivity contribution in [3.05, 3.63) is 64.4 Å². The molecule has 3 aromatic rings. The van der Waals surface area contributed by atoms with E-state index in [4.69, 9.17) is 4.74 Å². The normalized spacial score (nSPS) is 15.4. The molecule has 0 bridgehead atoms. The van der Waals surface area contributed by atoms with Gasteiger partial charge in [-0.1, -0.05) is 23.5 Å². The van der Waals surface area contributed by atoms with E-state index in [-0.39, 0.29) is 23.8 Å². The van der Waals surface area contributed by atoms with Gasteiger partial charge in [-0.25, -0.2) is 9.78 Å². The first-order valence-corrected chi connectivity index (χ1v) is 13.3. The number of carbonyl (C=O) groups is 3. The maximum Gasteiger partial charge on any atom is 0.350 e. The van der Waals surface area contributed by atoms with Crippen LogP contribution in [-0.2, 0) is 16.1 Å². The number of anilines is 1. The van der Waals surface area contributed by atoms with Crippen LogP contribution >= 0.6 is 23.1 Å². The number of nitrogens with one attached hydrogen (secondary N) is 1. The third-order valence-electron chi connectivity index (χ3n) is 5.41. The zero-order valence-corrected chi connectivity index (χ0v) is 21.2. The van der Waals surface area contributed by atoms with Crippen molar-refractivity contribution < 1.29 is 19.1 Å². The molecule has 1 saturated heterocycles. The number of ether oxygens (including phenoxy) is 1. The number of unbranched alkanes of at least 4 members (excludes halogenated alkanes) is 1. The molecular formula is C24H27N5O4S2. The van der Waals surface area contributed by atoms with Gasteiger partial charge < -0.3 is 10.1 Å². The van der Waals surface area contributed by atoms with Crippen molar-refractivity contribution in [1.82, 2.24) is 20.1 Å². The van der Waals surface area contributed by atoms with E-state index in [0.717, 1.165) is 36.3 Å². The molecule has 1 fully saturated rings. The SMILES string of the molecule is CCOC(=O)c1sc(N2C(=O)CSC2c2cccc(C(=O)NCCCCn3cccn3)c2)nc1C. The van der Waals surface area contributed by atoms with Crippen molar-refractivity contribution in [1.29, 1.82) is 0 Å². The number of thioether (sulfide) groups is 1. The molecule has 2 amide bonds. The van der Waals surface area contributed by atoms with Crippen molar-refractivity contribution in [3.63, 3.8) is 0 Å². The summed E-state index contributed by atoms with van der Waals surface area (Å²) in [6.07, 6.45) is 5.43. The summed E-state index contributed by atoms with van der Waals surface area (Å²) in [5.41, 5.74) is 1.90. The minimum absolute atomic E-state index is 0.0869. The quantitative estimate of drug-likeness (QED) is 0.324. The van der Waals surface area contributed by atoms with Crippen LogP contribution in [0.25, 0.3) is 0 Å². The molecule has 1 N–H and O–H groups in total. The van der Waals surface area contributed by atoms with E-state index in [1.165, 1.54) is 11.8 Å². The van der Waals surface area contributed by atoms with Crippen LogP contribution in [0, 0.1) is 6.92 Å². The summed E-state index contributed by atoms with van der Waals surface area (Å²) in [5.74, 6) is -0.379. The molecule has 184 valence electrons. The minimum Gasteiger partial charge on any atom is -0.462 e. The van der Waals surface area contributed by atoms with Gasteiger partial charge in [0, 0.05) is 31.0 Å². The molecule has 35 heavy (non-hydrogen) atoms. The number of aryl methyl sites for hydroxylation is 2. The van der Waals surface area contributed by atoms with Gasteiger partial charge in [-0.2, -0.15) is 5.10 Å².